The van der Waals surface area contributed by atoms with Crippen molar-refractivity contribution in [2.75, 3.05) is 40.0 Å². The minimum atomic E-state index is -0.148. The summed E-state index contributed by atoms with van der Waals surface area (Å²) in [6.07, 6.45) is 2.94. The highest BCUT2D eigenvalue weighted by Crippen LogP contribution is 2.28. The average Bonchev–Trinajstić information content (AvgIpc) is 3.20. The Morgan fingerprint density at radius 1 is 1.33 bits per heavy atom. The van der Waals surface area contributed by atoms with Crippen molar-refractivity contribution in [3.05, 3.63) is 34.7 Å². The van der Waals surface area contributed by atoms with Crippen molar-refractivity contribution >= 4 is 11.0 Å². The van der Waals surface area contributed by atoms with Gasteiger partial charge in [0.25, 0.3) is 0 Å². The van der Waals surface area contributed by atoms with Gasteiger partial charge in [0.05, 0.1) is 17.6 Å². The van der Waals surface area contributed by atoms with E-state index in [2.05, 4.69) is 9.88 Å². The van der Waals surface area contributed by atoms with Gasteiger partial charge in [-0.3, -0.25) is 4.57 Å². The van der Waals surface area contributed by atoms with Crippen molar-refractivity contribution in [2.24, 2.45) is 0 Å². The quantitative estimate of drug-likeness (QED) is 0.928. The maximum atomic E-state index is 12.4. The number of hydrogen-bond donors (Lipinski definition) is 1. The van der Waals surface area contributed by atoms with Crippen LogP contribution in [0.4, 0.5) is 0 Å². The summed E-state index contributed by atoms with van der Waals surface area (Å²) in [5.74, 6) is 0. The van der Waals surface area contributed by atoms with E-state index in [1.54, 1.807) is 7.11 Å². The number of ether oxygens (including phenoxy) is 2. The van der Waals surface area contributed by atoms with Crippen LogP contribution in [0, 0.1) is 0 Å². The number of aromatic nitrogens is 2. The number of imidazole rings is 1. The molecule has 130 valence electrons. The van der Waals surface area contributed by atoms with E-state index in [1.807, 2.05) is 28.8 Å². The Labute approximate surface area is 141 Å². The molecular weight excluding hydrogens is 306 g/mol. The van der Waals surface area contributed by atoms with Crippen LogP contribution in [0.15, 0.2) is 29.1 Å². The number of likely N-dealkylation sites (tertiary alicyclic amines) is 1. The van der Waals surface area contributed by atoms with E-state index in [-0.39, 0.29) is 17.3 Å². The number of aromatic amines is 1. The van der Waals surface area contributed by atoms with Crippen LogP contribution in [0.5, 0.6) is 0 Å². The number of piperidine rings is 1. The van der Waals surface area contributed by atoms with E-state index in [0.29, 0.717) is 6.61 Å². The predicted octanol–water partition coefficient (Wildman–Crippen LogP) is 1.77. The van der Waals surface area contributed by atoms with E-state index in [0.717, 1.165) is 56.5 Å². The molecule has 1 unspecified atom stereocenters. The number of methoxy groups -OCH3 is 1. The zero-order valence-electron chi connectivity index (χ0n) is 14.2. The first kappa shape index (κ1) is 15.9. The van der Waals surface area contributed by atoms with Crippen LogP contribution in [0.25, 0.3) is 11.0 Å². The minimum absolute atomic E-state index is 0.00667. The number of fused-ring (bicyclic) bond motifs is 1. The molecule has 2 saturated heterocycles. The Morgan fingerprint density at radius 3 is 2.83 bits per heavy atom. The topological polar surface area (TPSA) is 59.5 Å². The van der Waals surface area contributed by atoms with Gasteiger partial charge in [-0.15, -0.1) is 0 Å². The first-order chi connectivity index (χ1) is 11.7. The maximum absolute atomic E-state index is 12.4. The monoisotopic (exact) mass is 331 g/mol. The smallest absolute Gasteiger partial charge is 0.326 e. The molecule has 0 aliphatic carbocycles. The van der Waals surface area contributed by atoms with Gasteiger partial charge in [-0.1, -0.05) is 12.1 Å². The Bertz CT molecular complexity index is 752. The minimum Gasteiger partial charge on any atom is -0.378 e. The normalized spacial score (nSPS) is 26.4. The molecular formula is C18H25N3O3. The molecule has 0 spiro atoms. The zero-order valence-corrected chi connectivity index (χ0v) is 14.2. The number of H-pyrrole nitrogens is 1. The number of para-hydroxylation sites is 2. The second kappa shape index (κ2) is 6.35. The van der Waals surface area contributed by atoms with Crippen molar-refractivity contribution in [1.29, 1.82) is 0 Å². The summed E-state index contributed by atoms with van der Waals surface area (Å²) < 4.78 is 13.2. The lowest BCUT2D eigenvalue weighted by Crippen LogP contribution is -2.48. The lowest BCUT2D eigenvalue weighted by atomic mass is 9.98. The van der Waals surface area contributed by atoms with Crippen molar-refractivity contribution in [1.82, 2.24) is 14.5 Å². The molecule has 2 aliphatic heterocycles. The summed E-state index contributed by atoms with van der Waals surface area (Å²) >= 11 is 0. The Kier molecular flexibility index (Phi) is 4.20. The number of nitrogens with zero attached hydrogens (tertiary/aromatic N) is 2. The van der Waals surface area contributed by atoms with Crippen molar-refractivity contribution < 1.29 is 9.47 Å². The fourth-order valence-electron chi connectivity index (χ4n) is 4.12. The molecule has 0 saturated carbocycles. The maximum Gasteiger partial charge on any atom is 0.326 e. The van der Waals surface area contributed by atoms with Crippen LogP contribution in [-0.4, -0.2) is 60.0 Å². The molecule has 1 atom stereocenters. The highest BCUT2D eigenvalue weighted by atomic mass is 16.5. The molecule has 0 bridgehead atoms. The first-order valence-corrected chi connectivity index (χ1v) is 8.75. The SMILES string of the molecule is COC1(CN2CCC(n3c(=O)[nH]c4ccccc43)CC2)CCOC1. The van der Waals surface area contributed by atoms with E-state index >= 15 is 0 Å². The first-order valence-electron chi connectivity index (χ1n) is 8.75. The van der Waals surface area contributed by atoms with Gasteiger partial charge in [-0.2, -0.15) is 0 Å². The molecule has 2 aliphatic rings. The standard InChI is InChI=1S/C18H25N3O3/c1-23-18(8-11-24-13-18)12-20-9-6-14(7-10-20)21-16-5-3-2-4-15(16)19-17(21)22/h2-5,14H,6-13H2,1H3,(H,19,22). The molecule has 0 radical (unpaired) electrons. The van der Waals surface area contributed by atoms with E-state index < -0.39 is 0 Å². The third kappa shape index (κ3) is 2.79. The number of nitrogens with one attached hydrogen (secondary N) is 1. The van der Waals surface area contributed by atoms with Gasteiger partial charge in [0.15, 0.2) is 0 Å². The summed E-state index contributed by atoms with van der Waals surface area (Å²) in [5, 5.41) is 0. The van der Waals surface area contributed by atoms with Crippen LogP contribution in [0.2, 0.25) is 0 Å². The van der Waals surface area contributed by atoms with Crippen molar-refractivity contribution in [3.63, 3.8) is 0 Å². The van der Waals surface area contributed by atoms with Gasteiger partial charge in [-0.25, -0.2) is 4.79 Å². The molecule has 0 amide bonds. The molecule has 6 heteroatoms. The molecule has 1 aromatic carbocycles. The molecule has 1 N–H and O–H groups in total. The number of rotatable bonds is 4. The van der Waals surface area contributed by atoms with Gasteiger partial charge in [0.2, 0.25) is 0 Å². The van der Waals surface area contributed by atoms with Crippen molar-refractivity contribution in [3.8, 4) is 0 Å². The molecule has 2 aromatic rings. The highest BCUT2D eigenvalue weighted by molar-refractivity contribution is 5.75. The summed E-state index contributed by atoms with van der Waals surface area (Å²) in [7, 11) is 1.78. The third-order valence-electron chi connectivity index (χ3n) is 5.56. The van der Waals surface area contributed by atoms with E-state index in [9.17, 15) is 4.79 Å². The second-order valence-electron chi connectivity index (χ2n) is 7.01. The molecule has 6 nitrogen and oxygen atoms in total. The van der Waals surface area contributed by atoms with E-state index in [1.165, 1.54) is 0 Å². The number of benzene rings is 1. The van der Waals surface area contributed by atoms with E-state index in [4.69, 9.17) is 9.47 Å². The molecule has 4 rings (SSSR count). The Morgan fingerprint density at radius 2 is 2.12 bits per heavy atom. The van der Waals surface area contributed by atoms with Gasteiger partial charge < -0.3 is 19.4 Å². The van der Waals surface area contributed by atoms with Gasteiger partial charge in [0.1, 0.15) is 5.60 Å². The average molecular weight is 331 g/mol. The Hall–Kier alpha value is -1.63. The summed E-state index contributed by atoms with van der Waals surface area (Å²) in [5.41, 5.74) is 1.79. The van der Waals surface area contributed by atoms with Crippen molar-refractivity contribution in [2.45, 2.75) is 30.9 Å². The Balaban J connectivity index is 1.46. The molecule has 24 heavy (non-hydrogen) atoms. The second-order valence-corrected chi connectivity index (χ2v) is 7.01. The zero-order chi connectivity index (χ0) is 16.6. The van der Waals surface area contributed by atoms with Crippen LogP contribution in [0.3, 0.4) is 0 Å². The number of hydrogen-bond acceptors (Lipinski definition) is 4. The fraction of sp³-hybridized carbons (Fsp3) is 0.611. The third-order valence-corrected chi connectivity index (χ3v) is 5.56. The molecule has 3 heterocycles. The summed E-state index contributed by atoms with van der Waals surface area (Å²) in [6.45, 7) is 4.36. The lowest BCUT2D eigenvalue weighted by Gasteiger charge is -2.37. The van der Waals surface area contributed by atoms with Crippen LogP contribution in [-0.2, 0) is 9.47 Å². The van der Waals surface area contributed by atoms with Crippen LogP contribution in [0.1, 0.15) is 25.3 Å². The largest absolute Gasteiger partial charge is 0.378 e. The predicted molar refractivity (Wildman–Crippen MR) is 92.4 cm³/mol. The summed E-state index contributed by atoms with van der Waals surface area (Å²) in [6, 6.07) is 8.20. The molecule has 2 fully saturated rings. The van der Waals surface area contributed by atoms with Gasteiger partial charge in [-0.05, 0) is 25.0 Å². The van der Waals surface area contributed by atoms with Crippen LogP contribution >= 0.6 is 0 Å². The van der Waals surface area contributed by atoms with Crippen LogP contribution < -0.4 is 5.69 Å². The lowest BCUT2D eigenvalue weighted by molar-refractivity contribution is -0.0454. The molecule has 1 aromatic heterocycles. The highest BCUT2D eigenvalue weighted by Gasteiger charge is 2.37. The fourth-order valence-corrected chi connectivity index (χ4v) is 4.12. The van der Waals surface area contributed by atoms with Gasteiger partial charge >= 0.3 is 5.69 Å². The van der Waals surface area contributed by atoms with Gasteiger partial charge in [0, 0.05) is 45.8 Å². The summed E-state index contributed by atoms with van der Waals surface area (Å²) in [4.78, 5) is 17.8.